The summed E-state index contributed by atoms with van der Waals surface area (Å²) in [6.45, 7) is 0.271. The van der Waals surface area contributed by atoms with Crippen LogP contribution in [-0.2, 0) is 27.0 Å². The lowest BCUT2D eigenvalue weighted by Gasteiger charge is -2.33. The minimum Gasteiger partial charge on any atom is -0.354 e. The lowest BCUT2D eigenvalue weighted by Crippen LogP contribution is -2.48. The van der Waals surface area contributed by atoms with Crippen molar-refractivity contribution in [1.82, 2.24) is 15.5 Å². The molecule has 32 heavy (non-hydrogen) atoms. The zero-order valence-electron chi connectivity index (χ0n) is 18.2. The molecule has 0 radical (unpaired) electrons. The van der Waals surface area contributed by atoms with E-state index in [0.29, 0.717) is 13.0 Å². The lowest BCUT2D eigenvalue weighted by molar-refractivity contribution is -0.135. The molecule has 5 rings (SSSR count). The van der Waals surface area contributed by atoms with Gasteiger partial charge in [0.1, 0.15) is 12.1 Å². The molecule has 6 nitrogen and oxygen atoms in total. The Kier molecular flexibility index (Phi) is 5.24. The van der Waals surface area contributed by atoms with Crippen LogP contribution in [0.1, 0.15) is 55.2 Å². The summed E-state index contributed by atoms with van der Waals surface area (Å²) >= 11 is 0. The molecule has 2 N–H and O–H groups in total. The average molecular weight is 432 g/mol. The summed E-state index contributed by atoms with van der Waals surface area (Å²) in [7, 11) is 0. The Labute approximate surface area is 188 Å². The fourth-order valence-corrected chi connectivity index (χ4v) is 5.83. The molecule has 0 bridgehead atoms. The molecule has 2 fully saturated rings. The van der Waals surface area contributed by atoms with Gasteiger partial charge >= 0.3 is 6.03 Å². The Morgan fingerprint density at radius 3 is 2.44 bits per heavy atom. The summed E-state index contributed by atoms with van der Waals surface area (Å²) in [5.41, 5.74) is 2.08. The molecule has 1 unspecified atom stereocenters. The molecule has 1 saturated heterocycles. The minimum atomic E-state index is -1.04. The number of nitrogens with one attached hydrogen (secondary N) is 2. The fraction of sp³-hybridized carbons (Fsp3) is 0.423. The third-order valence-electron chi connectivity index (χ3n) is 7.52. The van der Waals surface area contributed by atoms with Crippen molar-refractivity contribution in [2.24, 2.45) is 0 Å². The van der Waals surface area contributed by atoms with Crippen LogP contribution in [0.25, 0.3) is 0 Å². The molecular formula is C26H29N3O3. The van der Waals surface area contributed by atoms with Crippen LogP contribution in [0.4, 0.5) is 4.79 Å². The first-order valence-electron chi connectivity index (χ1n) is 11.6. The van der Waals surface area contributed by atoms with Gasteiger partial charge in [0.15, 0.2) is 0 Å². The van der Waals surface area contributed by atoms with Crippen molar-refractivity contribution in [3.05, 3.63) is 71.3 Å². The van der Waals surface area contributed by atoms with E-state index in [1.165, 1.54) is 5.56 Å². The van der Waals surface area contributed by atoms with E-state index >= 15 is 0 Å². The first kappa shape index (κ1) is 20.7. The molecule has 1 saturated carbocycles. The van der Waals surface area contributed by atoms with Gasteiger partial charge in [0.2, 0.25) is 5.91 Å². The summed E-state index contributed by atoms with van der Waals surface area (Å²) in [6, 6.07) is 17.6. The van der Waals surface area contributed by atoms with E-state index in [1.807, 2.05) is 42.5 Å². The van der Waals surface area contributed by atoms with Crippen LogP contribution in [0.5, 0.6) is 0 Å². The number of carbonyl (C=O) groups excluding carboxylic acids is 3. The topological polar surface area (TPSA) is 78.5 Å². The highest BCUT2D eigenvalue weighted by Crippen LogP contribution is 2.41. The molecule has 6 heteroatoms. The molecule has 3 aliphatic rings. The first-order chi connectivity index (χ1) is 15.5. The minimum absolute atomic E-state index is 0.0717. The van der Waals surface area contributed by atoms with Gasteiger partial charge in [-0.3, -0.25) is 14.5 Å². The Balaban J connectivity index is 1.29. The number of rotatable bonds is 5. The number of urea groups is 1. The zero-order chi connectivity index (χ0) is 22.2. The standard InChI is InChI=1S/C26H29N3O3/c30-22(27-18-25(14-6-7-15-25)20-11-2-1-3-12-20)17-29-23(31)26(28-24(29)32)16-8-10-19-9-4-5-13-21(19)26/h1-5,9,11-13H,6-8,10,14-18H2,(H,27,30)(H,28,32). The van der Waals surface area contributed by atoms with E-state index in [9.17, 15) is 14.4 Å². The number of benzene rings is 2. The highest BCUT2D eigenvalue weighted by molar-refractivity contribution is 6.09. The fourth-order valence-electron chi connectivity index (χ4n) is 5.83. The molecule has 1 heterocycles. The second kappa shape index (κ2) is 8.08. The molecule has 2 aliphatic carbocycles. The van der Waals surface area contributed by atoms with E-state index in [0.717, 1.165) is 54.6 Å². The summed E-state index contributed by atoms with van der Waals surface area (Å²) < 4.78 is 0. The SMILES string of the molecule is O=C(CN1C(=O)NC2(CCCc3ccccc32)C1=O)NCC1(c2ccccc2)CCCC1. The van der Waals surface area contributed by atoms with Crippen molar-refractivity contribution < 1.29 is 14.4 Å². The molecule has 2 aromatic carbocycles. The molecule has 1 atom stereocenters. The number of nitrogens with zero attached hydrogens (tertiary/aromatic N) is 1. The van der Waals surface area contributed by atoms with Crippen molar-refractivity contribution in [3.63, 3.8) is 0 Å². The predicted octanol–water partition coefficient (Wildman–Crippen LogP) is 3.40. The second-order valence-corrected chi connectivity index (χ2v) is 9.37. The Morgan fingerprint density at radius 2 is 1.66 bits per heavy atom. The van der Waals surface area contributed by atoms with E-state index < -0.39 is 11.6 Å². The number of amides is 4. The van der Waals surface area contributed by atoms with E-state index in [4.69, 9.17) is 0 Å². The van der Waals surface area contributed by atoms with Gasteiger partial charge in [0.05, 0.1) is 0 Å². The van der Waals surface area contributed by atoms with Gasteiger partial charge in [-0.15, -0.1) is 0 Å². The number of hydrogen-bond acceptors (Lipinski definition) is 3. The molecule has 2 aromatic rings. The Morgan fingerprint density at radius 1 is 0.938 bits per heavy atom. The van der Waals surface area contributed by atoms with Gasteiger partial charge < -0.3 is 10.6 Å². The number of hydrogen-bond donors (Lipinski definition) is 2. The molecule has 166 valence electrons. The summed E-state index contributed by atoms with van der Waals surface area (Å²) in [4.78, 5) is 40.1. The summed E-state index contributed by atoms with van der Waals surface area (Å²) in [6.07, 6.45) is 6.61. The van der Waals surface area contributed by atoms with Gasteiger partial charge in [-0.1, -0.05) is 67.4 Å². The Hall–Kier alpha value is -3.15. The van der Waals surface area contributed by atoms with E-state index in [-0.39, 0.29) is 23.8 Å². The van der Waals surface area contributed by atoms with Gasteiger partial charge in [-0.05, 0) is 48.8 Å². The maximum atomic E-state index is 13.4. The monoisotopic (exact) mass is 431 g/mol. The quantitative estimate of drug-likeness (QED) is 0.713. The lowest BCUT2D eigenvalue weighted by atomic mass is 9.76. The molecule has 1 spiro atoms. The molecule has 4 amide bonds. The second-order valence-electron chi connectivity index (χ2n) is 9.37. The third-order valence-corrected chi connectivity index (χ3v) is 7.52. The molecule has 1 aliphatic heterocycles. The predicted molar refractivity (Wildman–Crippen MR) is 121 cm³/mol. The largest absolute Gasteiger partial charge is 0.354 e. The van der Waals surface area contributed by atoms with E-state index in [1.54, 1.807) is 0 Å². The van der Waals surface area contributed by atoms with Crippen LogP contribution in [-0.4, -0.2) is 35.8 Å². The normalized spacial score (nSPS) is 23.8. The first-order valence-corrected chi connectivity index (χ1v) is 11.6. The number of fused-ring (bicyclic) bond motifs is 2. The van der Waals surface area contributed by atoms with Crippen molar-refractivity contribution in [1.29, 1.82) is 0 Å². The smallest absolute Gasteiger partial charge is 0.325 e. The van der Waals surface area contributed by atoms with Crippen molar-refractivity contribution in [2.75, 3.05) is 13.1 Å². The molecule has 0 aromatic heterocycles. The third kappa shape index (κ3) is 3.38. The van der Waals surface area contributed by atoms with Crippen LogP contribution in [0.2, 0.25) is 0 Å². The van der Waals surface area contributed by atoms with Crippen molar-refractivity contribution >= 4 is 17.8 Å². The number of imide groups is 1. The molecular weight excluding hydrogens is 402 g/mol. The highest BCUT2D eigenvalue weighted by atomic mass is 16.2. The van der Waals surface area contributed by atoms with Gasteiger partial charge in [0, 0.05) is 12.0 Å². The number of carbonyl (C=O) groups is 3. The Bertz CT molecular complexity index is 1050. The van der Waals surface area contributed by atoms with Gasteiger partial charge in [-0.2, -0.15) is 0 Å². The van der Waals surface area contributed by atoms with Crippen molar-refractivity contribution in [3.8, 4) is 0 Å². The summed E-state index contributed by atoms with van der Waals surface area (Å²) in [5.74, 6) is -0.611. The highest BCUT2D eigenvalue weighted by Gasteiger charge is 2.54. The maximum absolute atomic E-state index is 13.4. The van der Waals surface area contributed by atoms with Gasteiger partial charge in [-0.25, -0.2) is 4.79 Å². The van der Waals surface area contributed by atoms with Crippen LogP contribution >= 0.6 is 0 Å². The van der Waals surface area contributed by atoms with Crippen LogP contribution in [0.15, 0.2) is 54.6 Å². The summed E-state index contributed by atoms with van der Waals surface area (Å²) in [5, 5.41) is 5.95. The van der Waals surface area contributed by atoms with Crippen molar-refractivity contribution in [2.45, 2.75) is 55.9 Å². The maximum Gasteiger partial charge on any atom is 0.325 e. The van der Waals surface area contributed by atoms with Crippen LogP contribution in [0, 0.1) is 0 Å². The van der Waals surface area contributed by atoms with Crippen LogP contribution in [0.3, 0.4) is 0 Å². The average Bonchev–Trinajstić information content (AvgIpc) is 3.39. The van der Waals surface area contributed by atoms with Crippen LogP contribution < -0.4 is 10.6 Å². The zero-order valence-corrected chi connectivity index (χ0v) is 18.2. The van der Waals surface area contributed by atoms with Gasteiger partial charge in [0.25, 0.3) is 5.91 Å². The van der Waals surface area contributed by atoms with E-state index in [2.05, 4.69) is 22.8 Å². The number of aryl methyl sites for hydroxylation is 1.